The fraction of sp³-hybridized carbons (Fsp3) is 0.222. The molecule has 1 heterocycles. The van der Waals surface area contributed by atoms with Crippen LogP contribution in [0, 0.1) is 0 Å². The van der Waals surface area contributed by atoms with Crippen LogP contribution in [-0.4, -0.2) is 19.4 Å². The van der Waals surface area contributed by atoms with E-state index in [1.165, 1.54) is 0 Å². The van der Waals surface area contributed by atoms with Crippen LogP contribution in [0.4, 0.5) is 0 Å². The second-order valence-electron chi connectivity index (χ2n) is 2.86. The number of hydrogen-bond acceptors (Lipinski definition) is 3. The Kier molecular flexibility index (Phi) is 1.84. The summed E-state index contributed by atoms with van der Waals surface area (Å²) < 4.78 is 27.1. The topological polar surface area (TPSA) is 43.4 Å². The van der Waals surface area contributed by atoms with E-state index >= 15 is 0 Å². The molecule has 0 fully saturated rings. The average Bonchev–Trinajstić information content (AvgIpc) is 2.39. The van der Waals surface area contributed by atoms with Gasteiger partial charge < -0.3 is 4.74 Å². The maximum atomic E-state index is 10.9. The normalized spacial score (nSPS) is 19.5. The van der Waals surface area contributed by atoms with Gasteiger partial charge in [-0.05, 0) is 19.1 Å². The first kappa shape index (κ1) is 8.31. The summed E-state index contributed by atoms with van der Waals surface area (Å²) in [6, 6.07) is 7.14. The molecule has 0 aromatic heterocycles. The molecule has 0 saturated carbocycles. The molecular formula is C9H8O3S. The van der Waals surface area contributed by atoms with Crippen LogP contribution in [0.1, 0.15) is 12.5 Å². The third-order valence-electron chi connectivity index (χ3n) is 2.01. The van der Waals surface area contributed by atoms with Crippen molar-refractivity contribution < 1.29 is 13.2 Å². The molecule has 0 saturated heterocycles. The van der Waals surface area contributed by atoms with E-state index in [1.807, 2.05) is 6.07 Å². The van der Waals surface area contributed by atoms with Crippen molar-refractivity contribution in [2.75, 3.05) is 0 Å². The molecule has 68 valence electrons. The minimum atomic E-state index is -2.19. The van der Waals surface area contributed by atoms with Gasteiger partial charge in [0.2, 0.25) is 10.3 Å². The maximum absolute atomic E-state index is 10.9. The van der Waals surface area contributed by atoms with Crippen molar-refractivity contribution >= 4 is 15.2 Å². The molecule has 1 aliphatic heterocycles. The quantitative estimate of drug-likeness (QED) is 0.578. The molecule has 0 spiro atoms. The van der Waals surface area contributed by atoms with Crippen molar-refractivity contribution in [3.05, 3.63) is 29.8 Å². The predicted molar refractivity (Wildman–Crippen MR) is 49.6 cm³/mol. The highest BCUT2D eigenvalue weighted by Gasteiger charge is 2.27. The SMILES string of the molecule is CC1Oc2ccccc2C1=S(=O)=O. The lowest BCUT2D eigenvalue weighted by atomic mass is 10.1. The molecule has 0 aliphatic carbocycles. The summed E-state index contributed by atoms with van der Waals surface area (Å²) in [5, 5.41) is 0. The summed E-state index contributed by atoms with van der Waals surface area (Å²) in [7, 11) is -2.19. The summed E-state index contributed by atoms with van der Waals surface area (Å²) in [4.78, 5) is 0.343. The van der Waals surface area contributed by atoms with Gasteiger partial charge in [0.25, 0.3) is 0 Å². The zero-order chi connectivity index (χ0) is 9.42. The molecule has 0 radical (unpaired) electrons. The second-order valence-corrected chi connectivity index (χ2v) is 3.76. The number of hydrogen-bond donors (Lipinski definition) is 0. The smallest absolute Gasteiger partial charge is 0.221 e. The Balaban J connectivity index is 2.74. The summed E-state index contributed by atoms with van der Waals surface area (Å²) in [6.45, 7) is 1.73. The van der Waals surface area contributed by atoms with Crippen molar-refractivity contribution in [3.8, 4) is 5.75 Å². The first-order chi connectivity index (χ1) is 6.20. The van der Waals surface area contributed by atoms with E-state index < -0.39 is 10.3 Å². The number of ether oxygens (including phenoxy) is 1. The third-order valence-corrected chi connectivity index (χ3v) is 2.92. The monoisotopic (exact) mass is 196 g/mol. The van der Waals surface area contributed by atoms with Gasteiger partial charge in [0.1, 0.15) is 16.7 Å². The molecule has 0 N–H and O–H groups in total. The minimum Gasteiger partial charge on any atom is -0.484 e. The maximum Gasteiger partial charge on any atom is 0.221 e. The summed E-state index contributed by atoms with van der Waals surface area (Å²) in [5.41, 5.74) is 0.684. The van der Waals surface area contributed by atoms with E-state index in [4.69, 9.17) is 4.74 Å². The van der Waals surface area contributed by atoms with Crippen LogP contribution in [0.2, 0.25) is 0 Å². The third kappa shape index (κ3) is 1.23. The molecule has 1 unspecified atom stereocenters. The largest absolute Gasteiger partial charge is 0.484 e. The summed E-state index contributed by atoms with van der Waals surface area (Å²) >= 11 is 0. The number of rotatable bonds is 0. The van der Waals surface area contributed by atoms with E-state index in [0.717, 1.165) is 0 Å². The van der Waals surface area contributed by atoms with Crippen LogP contribution >= 0.6 is 0 Å². The first-order valence-corrected chi connectivity index (χ1v) is 5.00. The standard InChI is InChI=1S/C9H8O3S/c1-6-9(13(10)11)7-4-2-3-5-8(7)12-6/h2-6H,1H3. The molecule has 2 rings (SSSR count). The molecule has 1 aliphatic rings. The zero-order valence-electron chi connectivity index (χ0n) is 7.02. The van der Waals surface area contributed by atoms with Crippen LogP contribution in [0.3, 0.4) is 0 Å². The summed E-state index contributed by atoms with van der Waals surface area (Å²) in [6.07, 6.45) is -0.365. The van der Waals surface area contributed by atoms with Gasteiger partial charge in [-0.3, -0.25) is 0 Å². The fourth-order valence-corrected chi connectivity index (χ4v) is 2.13. The van der Waals surface area contributed by atoms with Crippen molar-refractivity contribution in [3.63, 3.8) is 0 Å². The second kappa shape index (κ2) is 2.88. The van der Waals surface area contributed by atoms with Gasteiger partial charge in [-0.25, -0.2) is 0 Å². The van der Waals surface area contributed by atoms with E-state index in [2.05, 4.69) is 0 Å². The predicted octanol–water partition coefficient (Wildman–Crippen LogP) is 0.867. The first-order valence-electron chi connectivity index (χ1n) is 3.92. The molecule has 1 atom stereocenters. The highest BCUT2D eigenvalue weighted by atomic mass is 32.2. The van der Waals surface area contributed by atoms with Gasteiger partial charge in [-0.15, -0.1) is 0 Å². The van der Waals surface area contributed by atoms with Gasteiger partial charge in [0.05, 0.1) is 0 Å². The van der Waals surface area contributed by atoms with Gasteiger partial charge in [-0.1, -0.05) is 12.1 Å². The molecule has 0 bridgehead atoms. The van der Waals surface area contributed by atoms with Crippen molar-refractivity contribution in [2.24, 2.45) is 0 Å². The molecule has 4 heteroatoms. The lowest BCUT2D eigenvalue weighted by Crippen LogP contribution is -2.17. The van der Waals surface area contributed by atoms with E-state index in [1.54, 1.807) is 25.1 Å². The van der Waals surface area contributed by atoms with Crippen LogP contribution in [0.25, 0.3) is 0 Å². The summed E-state index contributed by atoms with van der Waals surface area (Å²) in [5.74, 6) is 0.647. The molecule has 13 heavy (non-hydrogen) atoms. The van der Waals surface area contributed by atoms with Gasteiger partial charge in [0.15, 0.2) is 0 Å². The number of para-hydroxylation sites is 1. The highest BCUT2D eigenvalue weighted by molar-refractivity contribution is 7.73. The fourth-order valence-electron chi connectivity index (χ4n) is 1.46. The Morgan fingerprint density at radius 2 is 2.00 bits per heavy atom. The van der Waals surface area contributed by atoms with Crippen LogP contribution < -0.4 is 4.74 Å². The Morgan fingerprint density at radius 1 is 1.31 bits per heavy atom. The molecule has 1 aromatic rings. The Hall–Kier alpha value is -1.29. The van der Waals surface area contributed by atoms with Crippen LogP contribution in [0.5, 0.6) is 5.75 Å². The van der Waals surface area contributed by atoms with Gasteiger partial charge >= 0.3 is 0 Å². The van der Waals surface area contributed by atoms with E-state index in [0.29, 0.717) is 16.2 Å². The minimum absolute atomic E-state index is 0.343. The van der Waals surface area contributed by atoms with Gasteiger partial charge in [-0.2, -0.15) is 8.42 Å². The zero-order valence-corrected chi connectivity index (χ0v) is 7.84. The van der Waals surface area contributed by atoms with Crippen molar-refractivity contribution in [1.82, 2.24) is 0 Å². The highest BCUT2D eigenvalue weighted by Crippen LogP contribution is 2.27. The average molecular weight is 196 g/mol. The van der Waals surface area contributed by atoms with Gasteiger partial charge in [0, 0.05) is 5.56 Å². The van der Waals surface area contributed by atoms with Crippen molar-refractivity contribution in [1.29, 1.82) is 0 Å². The van der Waals surface area contributed by atoms with Crippen LogP contribution in [-0.2, 0) is 10.3 Å². The Labute approximate surface area is 77.5 Å². The Morgan fingerprint density at radius 3 is 2.69 bits per heavy atom. The molecular weight excluding hydrogens is 188 g/mol. The van der Waals surface area contributed by atoms with Crippen LogP contribution in [0.15, 0.2) is 24.3 Å². The van der Waals surface area contributed by atoms with E-state index in [9.17, 15) is 8.42 Å². The lowest BCUT2D eigenvalue weighted by molar-refractivity contribution is 0.305. The Bertz CT molecular complexity index is 465. The molecule has 3 nitrogen and oxygen atoms in total. The number of benzene rings is 1. The molecule has 0 amide bonds. The van der Waals surface area contributed by atoms with E-state index in [-0.39, 0.29) is 6.10 Å². The lowest BCUT2D eigenvalue weighted by Gasteiger charge is -2.00. The number of fused-ring (bicyclic) bond motifs is 1. The molecule has 1 aromatic carbocycles. The van der Waals surface area contributed by atoms with Crippen molar-refractivity contribution in [2.45, 2.75) is 13.0 Å².